The van der Waals surface area contributed by atoms with Gasteiger partial charge >= 0.3 is 6.03 Å². The Morgan fingerprint density at radius 2 is 1.74 bits per heavy atom. The zero-order chi connectivity index (χ0) is 18.9. The van der Waals surface area contributed by atoms with E-state index in [1.165, 1.54) is 5.56 Å². The van der Waals surface area contributed by atoms with Crippen molar-refractivity contribution in [1.82, 2.24) is 15.1 Å². The number of amides is 2. The maximum Gasteiger partial charge on any atom is 0.317 e. The molecule has 0 radical (unpaired) electrons. The standard InChI is InChI=1S/C21H27N3O3/c1-26-19-8-5-9-20(16-19)27-15-10-22-21(25)24-13-11-23(12-14-24)17-18-6-3-2-4-7-18/h2-9,16H,10-15,17H2,1H3,(H,22,25). The summed E-state index contributed by atoms with van der Waals surface area (Å²) in [4.78, 5) is 16.5. The summed E-state index contributed by atoms with van der Waals surface area (Å²) in [5.41, 5.74) is 1.31. The molecule has 0 bridgehead atoms. The Morgan fingerprint density at radius 3 is 2.48 bits per heavy atom. The Kier molecular flexibility index (Phi) is 6.93. The van der Waals surface area contributed by atoms with Crippen molar-refractivity contribution < 1.29 is 14.3 Å². The number of hydrogen-bond acceptors (Lipinski definition) is 4. The number of rotatable bonds is 7. The maximum absolute atomic E-state index is 12.3. The van der Waals surface area contributed by atoms with E-state index < -0.39 is 0 Å². The number of benzene rings is 2. The second kappa shape index (κ2) is 9.83. The number of methoxy groups -OCH3 is 1. The summed E-state index contributed by atoms with van der Waals surface area (Å²) in [5.74, 6) is 1.49. The van der Waals surface area contributed by atoms with Gasteiger partial charge in [-0.05, 0) is 17.7 Å². The highest BCUT2D eigenvalue weighted by atomic mass is 16.5. The molecule has 1 aliphatic heterocycles. The van der Waals surface area contributed by atoms with Crippen LogP contribution in [0, 0.1) is 0 Å². The second-order valence-corrected chi connectivity index (χ2v) is 6.51. The van der Waals surface area contributed by atoms with Gasteiger partial charge in [0.1, 0.15) is 18.1 Å². The Hall–Kier alpha value is -2.73. The third-order valence-corrected chi connectivity index (χ3v) is 4.60. The topological polar surface area (TPSA) is 54.0 Å². The number of piperazine rings is 1. The quantitative estimate of drug-likeness (QED) is 0.763. The Morgan fingerprint density at radius 1 is 1.00 bits per heavy atom. The SMILES string of the molecule is COc1cccc(OCCNC(=O)N2CCN(Cc3ccccc3)CC2)c1. The highest BCUT2D eigenvalue weighted by Crippen LogP contribution is 2.18. The number of carbonyl (C=O) groups excluding carboxylic acids is 1. The van der Waals surface area contributed by atoms with E-state index in [1.807, 2.05) is 35.2 Å². The normalized spacial score (nSPS) is 14.6. The molecule has 1 saturated heterocycles. The Labute approximate surface area is 160 Å². The van der Waals surface area contributed by atoms with Crippen molar-refractivity contribution in [2.24, 2.45) is 0 Å². The third kappa shape index (κ3) is 5.89. The predicted molar refractivity (Wildman–Crippen MR) is 105 cm³/mol. The van der Waals surface area contributed by atoms with Crippen molar-refractivity contribution in [1.29, 1.82) is 0 Å². The zero-order valence-corrected chi connectivity index (χ0v) is 15.8. The summed E-state index contributed by atoms with van der Waals surface area (Å²) in [6.07, 6.45) is 0. The average Bonchev–Trinajstić information content (AvgIpc) is 2.72. The monoisotopic (exact) mass is 369 g/mol. The minimum atomic E-state index is -0.0244. The second-order valence-electron chi connectivity index (χ2n) is 6.51. The van der Waals surface area contributed by atoms with Gasteiger partial charge in [-0.3, -0.25) is 4.90 Å². The van der Waals surface area contributed by atoms with Gasteiger partial charge in [-0.25, -0.2) is 4.79 Å². The van der Waals surface area contributed by atoms with E-state index in [0.717, 1.165) is 44.2 Å². The van der Waals surface area contributed by atoms with Crippen molar-refractivity contribution in [3.63, 3.8) is 0 Å². The molecule has 0 spiro atoms. The van der Waals surface area contributed by atoms with Crippen LogP contribution in [0.2, 0.25) is 0 Å². The molecule has 3 rings (SSSR count). The van der Waals surface area contributed by atoms with Crippen LogP contribution in [0.15, 0.2) is 54.6 Å². The van der Waals surface area contributed by atoms with E-state index >= 15 is 0 Å². The summed E-state index contributed by atoms with van der Waals surface area (Å²) < 4.78 is 10.8. The molecular formula is C21H27N3O3. The third-order valence-electron chi connectivity index (χ3n) is 4.60. The van der Waals surface area contributed by atoms with E-state index in [9.17, 15) is 4.79 Å². The number of urea groups is 1. The van der Waals surface area contributed by atoms with E-state index in [4.69, 9.17) is 9.47 Å². The van der Waals surface area contributed by atoms with Gasteiger partial charge < -0.3 is 19.7 Å². The lowest BCUT2D eigenvalue weighted by Gasteiger charge is -2.34. The van der Waals surface area contributed by atoms with Crippen LogP contribution in [0.25, 0.3) is 0 Å². The summed E-state index contributed by atoms with van der Waals surface area (Å²) in [6.45, 7) is 5.11. The fraction of sp³-hybridized carbons (Fsp3) is 0.381. The van der Waals surface area contributed by atoms with E-state index in [1.54, 1.807) is 7.11 Å². The lowest BCUT2D eigenvalue weighted by atomic mass is 10.2. The minimum absolute atomic E-state index is 0.0244. The molecule has 27 heavy (non-hydrogen) atoms. The van der Waals surface area contributed by atoms with Crippen LogP contribution < -0.4 is 14.8 Å². The van der Waals surface area contributed by atoms with Crippen molar-refractivity contribution >= 4 is 6.03 Å². The van der Waals surface area contributed by atoms with Crippen LogP contribution in [0.1, 0.15) is 5.56 Å². The molecule has 0 unspecified atom stereocenters. The van der Waals surface area contributed by atoms with Gasteiger partial charge in [0.25, 0.3) is 0 Å². The van der Waals surface area contributed by atoms with Crippen LogP contribution in [-0.4, -0.2) is 62.3 Å². The van der Waals surface area contributed by atoms with Gasteiger partial charge in [0.2, 0.25) is 0 Å². The molecule has 1 fully saturated rings. The molecule has 1 N–H and O–H groups in total. The lowest BCUT2D eigenvalue weighted by Crippen LogP contribution is -2.51. The molecule has 2 aromatic carbocycles. The van der Waals surface area contributed by atoms with Gasteiger partial charge in [0, 0.05) is 38.8 Å². The van der Waals surface area contributed by atoms with Crippen LogP contribution in [0.4, 0.5) is 4.79 Å². The van der Waals surface area contributed by atoms with Gasteiger partial charge in [0.15, 0.2) is 0 Å². The van der Waals surface area contributed by atoms with Gasteiger partial charge in [-0.1, -0.05) is 36.4 Å². The molecule has 1 heterocycles. The molecule has 2 aromatic rings. The first-order chi connectivity index (χ1) is 13.2. The molecule has 1 aliphatic rings. The fourth-order valence-corrected chi connectivity index (χ4v) is 3.08. The number of nitrogens with zero attached hydrogens (tertiary/aromatic N) is 2. The van der Waals surface area contributed by atoms with Crippen molar-refractivity contribution in [3.8, 4) is 11.5 Å². The molecule has 2 amide bonds. The average molecular weight is 369 g/mol. The molecule has 6 heteroatoms. The van der Waals surface area contributed by atoms with E-state index in [2.05, 4.69) is 34.5 Å². The molecule has 144 valence electrons. The summed E-state index contributed by atoms with van der Waals surface area (Å²) in [7, 11) is 1.62. The largest absolute Gasteiger partial charge is 0.497 e. The minimum Gasteiger partial charge on any atom is -0.497 e. The van der Waals surface area contributed by atoms with Gasteiger partial charge in [0.05, 0.1) is 13.7 Å². The number of ether oxygens (including phenoxy) is 2. The van der Waals surface area contributed by atoms with E-state index in [-0.39, 0.29) is 6.03 Å². The Balaban J connectivity index is 1.33. The molecule has 6 nitrogen and oxygen atoms in total. The van der Waals surface area contributed by atoms with Crippen molar-refractivity contribution in [2.45, 2.75) is 6.54 Å². The van der Waals surface area contributed by atoms with Crippen LogP contribution in [0.3, 0.4) is 0 Å². The smallest absolute Gasteiger partial charge is 0.317 e. The van der Waals surface area contributed by atoms with Crippen LogP contribution in [-0.2, 0) is 6.54 Å². The first-order valence-electron chi connectivity index (χ1n) is 9.30. The summed E-state index contributed by atoms with van der Waals surface area (Å²) in [6, 6.07) is 17.9. The zero-order valence-electron chi connectivity index (χ0n) is 15.8. The predicted octanol–water partition coefficient (Wildman–Crippen LogP) is 2.60. The van der Waals surface area contributed by atoms with Crippen LogP contribution >= 0.6 is 0 Å². The first kappa shape index (κ1) is 19.0. The summed E-state index contributed by atoms with van der Waals surface area (Å²) in [5, 5.41) is 2.93. The Bertz CT molecular complexity index is 716. The van der Waals surface area contributed by atoms with Crippen molar-refractivity contribution in [2.75, 3.05) is 46.4 Å². The number of nitrogens with one attached hydrogen (secondary N) is 1. The lowest BCUT2D eigenvalue weighted by molar-refractivity contribution is 0.134. The first-order valence-corrected chi connectivity index (χ1v) is 9.30. The van der Waals surface area contributed by atoms with Gasteiger partial charge in [-0.15, -0.1) is 0 Å². The highest BCUT2D eigenvalue weighted by Gasteiger charge is 2.20. The number of hydrogen-bond donors (Lipinski definition) is 1. The highest BCUT2D eigenvalue weighted by molar-refractivity contribution is 5.74. The molecule has 0 aliphatic carbocycles. The summed E-state index contributed by atoms with van der Waals surface area (Å²) >= 11 is 0. The molecule has 0 aromatic heterocycles. The van der Waals surface area contributed by atoms with Crippen molar-refractivity contribution in [3.05, 3.63) is 60.2 Å². The maximum atomic E-state index is 12.3. The molecule has 0 atom stereocenters. The fourth-order valence-electron chi connectivity index (χ4n) is 3.08. The molecular weight excluding hydrogens is 342 g/mol. The van der Waals surface area contributed by atoms with E-state index in [0.29, 0.717) is 13.2 Å². The van der Waals surface area contributed by atoms with Crippen LogP contribution in [0.5, 0.6) is 11.5 Å². The number of carbonyl (C=O) groups is 1. The molecule has 0 saturated carbocycles. The van der Waals surface area contributed by atoms with Gasteiger partial charge in [-0.2, -0.15) is 0 Å².